The molecule has 0 spiro atoms. The molecule has 0 saturated carbocycles. The Balaban J connectivity index is 2.11. The lowest BCUT2D eigenvalue weighted by Crippen LogP contribution is -2.07. The molecule has 0 bridgehead atoms. The molecule has 5 nitrogen and oxygen atoms in total. The Hall–Kier alpha value is -1.69. The maximum Gasteiger partial charge on any atom is 0.135 e. The van der Waals surface area contributed by atoms with Gasteiger partial charge in [0.1, 0.15) is 23.0 Å². The molecule has 3 N–H and O–H groups in total. The zero-order valence-corrected chi connectivity index (χ0v) is 10.7. The van der Waals surface area contributed by atoms with Crippen molar-refractivity contribution in [2.75, 3.05) is 11.1 Å². The number of nitrogen functional groups attached to an aromatic ring is 1. The van der Waals surface area contributed by atoms with Crippen molar-refractivity contribution in [2.24, 2.45) is 0 Å². The quantitative estimate of drug-likeness (QED) is 0.866. The molecule has 90 valence electrons. The lowest BCUT2D eigenvalue weighted by Gasteiger charge is -2.09. The number of nitrogens with two attached hydrogens (primary N) is 1. The van der Waals surface area contributed by atoms with E-state index < -0.39 is 0 Å². The Morgan fingerprint density at radius 3 is 2.88 bits per heavy atom. The summed E-state index contributed by atoms with van der Waals surface area (Å²) in [5.41, 5.74) is 7.81. The number of nitrogens with one attached hydrogen (secondary N) is 1. The van der Waals surface area contributed by atoms with Crippen molar-refractivity contribution < 1.29 is 0 Å². The van der Waals surface area contributed by atoms with Crippen molar-refractivity contribution in [3.63, 3.8) is 0 Å². The molecule has 0 saturated heterocycles. The third-order valence-electron chi connectivity index (χ3n) is 2.41. The minimum Gasteiger partial charge on any atom is -0.383 e. The standard InChI is InChI=1S/C11H15N5S/c1-3-8-10(12)14-6-15-11(8)13-4-9-16-7(2)5-17-9/h5-6H,3-4H2,1-2H3,(H3,12,13,14,15). The van der Waals surface area contributed by atoms with Crippen molar-refractivity contribution in [3.05, 3.63) is 28.0 Å². The van der Waals surface area contributed by atoms with Gasteiger partial charge in [0.15, 0.2) is 0 Å². The summed E-state index contributed by atoms with van der Waals surface area (Å²) in [4.78, 5) is 12.6. The predicted molar refractivity (Wildman–Crippen MR) is 70.0 cm³/mol. The molecule has 0 radical (unpaired) electrons. The van der Waals surface area contributed by atoms with Crippen LogP contribution in [-0.2, 0) is 13.0 Å². The highest BCUT2D eigenvalue weighted by atomic mass is 32.1. The van der Waals surface area contributed by atoms with Gasteiger partial charge in [0.2, 0.25) is 0 Å². The van der Waals surface area contributed by atoms with E-state index in [2.05, 4.69) is 20.3 Å². The normalized spacial score (nSPS) is 10.5. The molecular weight excluding hydrogens is 234 g/mol. The molecule has 0 aliphatic heterocycles. The first-order chi connectivity index (χ1) is 8.20. The van der Waals surface area contributed by atoms with Crippen molar-refractivity contribution in [1.82, 2.24) is 15.0 Å². The summed E-state index contributed by atoms with van der Waals surface area (Å²) in [5.74, 6) is 1.34. The van der Waals surface area contributed by atoms with Crippen LogP contribution in [0.4, 0.5) is 11.6 Å². The van der Waals surface area contributed by atoms with Crippen molar-refractivity contribution in [1.29, 1.82) is 0 Å². The van der Waals surface area contributed by atoms with Crippen LogP contribution in [0.3, 0.4) is 0 Å². The summed E-state index contributed by atoms with van der Waals surface area (Å²) in [6.07, 6.45) is 2.29. The van der Waals surface area contributed by atoms with Gasteiger partial charge in [-0.1, -0.05) is 6.92 Å². The minimum atomic E-state index is 0.542. The van der Waals surface area contributed by atoms with E-state index in [1.807, 2.05) is 19.2 Å². The number of anilines is 2. The number of nitrogens with zero attached hydrogens (tertiary/aromatic N) is 3. The van der Waals surface area contributed by atoms with Gasteiger partial charge in [-0.25, -0.2) is 15.0 Å². The minimum absolute atomic E-state index is 0.542. The second kappa shape index (κ2) is 5.09. The fourth-order valence-corrected chi connectivity index (χ4v) is 2.28. The van der Waals surface area contributed by atoms with Crippen LogP contribution in [0, 0.1) is 6.92 Å². The van der Waals surface area contributed by atoms with E-state index in [0.29, 0.717) is 12.4 Å². The van der Waals surface area contributed by atoms with E-state index in [4.69, 9.17) is 5.73 Å². The first-order valence-corrected chi connectivity index (χ1v) is 6.33. The van der Waals surface area contributed by atoms with Crippen molar-refractivity contribution >= 4 is 23.0 Å². The lowest BCUT2D eigenvalue weighted by molar-refractivity contribution is 1.00. The summed E-state index contributed by atoms with van der Waals surface area (Å²) < 4.78 is 0. The number of aromatic nitrogens is 3. The predicted octanol–water partition coefficient (Wildman–Crippen LogP) is 2.00. The molecule has 0 aliphatic rings. The van der Waals surface area contributed by atoms with E-state index in [9.17, 15) is 0 Å². The monoisotopic (exact) mass is 249 g/mol. The SMILES string of the molecule is CCc1c(N)ncnc1NCc1nc(C)cs1. The fourth-order valence-electron chi connectivity index (χ4n) is 1.57. The van der Waals surface area contributed by atoms with Crippen LogP contribution in [-0.4, -0.2) is 15.0 Å². The molecule has 0 fully saturated rings. The highest BCUT2D eigenvalue weighted by molar-refractivity contribution is 7.09. The topological polar surface area (TPSA) is 76.7 Å². The van der Waals surface area contributed by atoms with Gasteiger partial charge in [-0.3, -0.25) is 0 Å². The summed E-state index contributed by atoms with van der Waals surface area (Å²) in [7, 11) is 0. The van der Waals surface area contributed by atoms with Gasteiger partial charge < -0.3 is 11.1 Å². The van der Waals surface area contributed by atoms with Crippen LogP contribution in [0.15, 0.2) is 11.7 Å². The number of hydrogen-bond acceptors (Lipinski definition) is 6. The Morgan fingerprint density at radius 1 is 1.41 bits per heavy atom. The van der Waals surface area contributed by atoms with Gasteiger partial charge in [-0.15, -0.1) is 11.3 Å². The van der Waals surface area contributed by atoms with Gasteiger partial charge in [0, 0.05) is 16.6 Å². The molecule has 0 unspecified atom stereocenters. The number of aryl methyl sites for hydroxylation is 1. The van der Waals surface area contributed by atoms with Crippen LogP contribution in [0.2, 0.25) is 0 Å². The van der Waals surface area contributed by atoms with E-state index in [-0.39, 0.29) is 0 Å². The number of rotatable bonds is 4. The molecule has 0 amide bonds. The van der Waals surface area contributed by atoms with Crippen LogP contribution in [0.1, 0.15) is 23.2 Å². The van der Waals surface area contributed by atoms with E-state index >= 15 is 0 Å². The second-order valence-corrected chi connectivity index (χ2v) is 4.62. The number of hydrogen-bond donors (Lipinski definition) is 2. The van der Waals surface area contributed by atoms with Gasteiger partial charge in [0.05, 0.1) is 6.54 Å². The molecule has 2 aromatic rings. The maximum atomic E-state index is 5.80. The Kier molecular flexibility index (Phi) is 3.53. The third kappa shape index (κ3) is 2.71. The zero-order chi connectivity index (χ0) is 12.3. The Morgan fingerprint density at radius 2 is 2.24 bits per heavy atom. The maximum absolute atomic E-state index is 5.80. The molecule has 17 heavy (non-hydrogen) atoms. The fraction of sp³-hybridized carbons (Fsp3) is 0.364. The lowest BCUT2D eigenvalue weighted by atomic mass is 10.2. The Bertz CT molecular complexity index is 508. The highest BCUT2D eigenvalue weighted by Gasteiger charge is 2.07. The van der Waals surface area contributed by atoms with E-state index in [1.165, 1.54) is 6.33 Å². The molecule has 2 rings (SSSR count). The van der Waals surface area contributed by atoms with Crippen molar-refractivity contribution in [2.45, 2.75) is 26.8 Å². The van der Waals surface area contributed by atoms with Crippen LogP contribution in [0.5, 0.6) is 0 Å². The number of thiazole rings is 1. The second-order valence-electron chi connectivity index (χ2n) is 3.68. The van der Waals surface area contributed by atoms with E-state index in [1.54, 1.807) is 11.3 Å². The summed E-state index contributed by atoms with van der Waals surface area (Å²) in [6.45, 7) is 4.69. The smallest absolute Gasteiger partial charge is 0.135 e. The molecular formula is C11H15N5S. The molecule has 6 heteroatoms. The van der Waals surface area contributed by atoms with E-state index in [0.717, 1.165) is 28.5 Å². The van der Waals surface area contributed by atoms with Gasteiger partial charge >= 0.3 is 0 Å². The van der Waals surface area contributed by atoms with Crippen molar-refractivity contribution in [3.8, 4) is 0 Å². The first-order valence-electron chi connectivity index (χ1n) is 5.45. The van der Waals surface area contributed by atoms with Gasteiger partial charge in [0.25, 0.3) is 0 Å². The Labute approximate surface area is 104 Å². The van der Waals surface area contributed by atoms with Gasteiger partial charge in [-0.2, -0.15) is 0 Å². The summed E-state index contributed by atoms with van der Waals surface area (Å²) in [5, 5.41) is 6.33. The molecule has 0 aliphatic carbocycles. The average molecular weight is 249 g/mol. The zero-order valence-electron chi connectivity index (χ0n) is 9.90. The van der Waals surface area contributed by atoms with Crippen LogP contribution < -0.4 is 11.1 Å². The molecule has 0 atom stereocenters. The molecule has 2 heterocycles. The average Bonchev–Trinajstić information content (AvgIpc) is 2.72. The van der Waals surface area contributed by atoms with Crippen LogP contribution >= 0.6 is 11.3 Å². The summed E-state index contributed by atoms with van der Waals surface area (Å²) in [6, 6.07) is 0. The largest absolute Gasteiger partial charge is 0.383 e. The first kappa shape index (κ1) is 11.8. The molecule has 0 aromatic carbocycles. The third-order valence-corrected chi connectivity index (χ3v) is 3.37. The summed E-state index contributed by atoms with van der Waals surface area (Å²) >= 11 is 1.64. The van der Waals surface area contributed by atoms with Crippen LogP contribution in [0.25, 0.3) is 0 Å². The highest BCUT2D eigenvalue weighted by Crippen LogP contribution is 2.19. The van der Waals surface area contributed by atoms with Gasteiger partial charge in [-0.05, 0) is 13.3 Å². The molecule has 2 aromatic heterocycles.